The van der Waals surface area contributed by atoms with Crippen LogP contribution in [0.3, 0.4) is 0 Å². The van der Waals surface area contributed by atoms with Crippen molar-refractivity contribution in [2.75, 3.05) is 24.5 Å². The van der Waals surface area contributed by atoms with Crippen LogP contribution in [0.1, 0.15) is 32.6 Å². The van der Waals surface area contributed by atoms with Crippen molar-refractivity contribution in [1.29, 1.82) is 0 Å². The van der Waals surface area contributed by atoms with Gasteiger partial charge in [0.05, 0.1) is 11.4 Å². The van der Waals surface area contributed by atoms with Gasteiger partial charge in [0.25, 0.3) is 5.56 Å². The molecule has 2 N–H and O–H groups in total. The minimum atomic E-state index is -0.119. The predicted molar refractivity (Wildman–Crippen MR) is 119 cm³/mol. The number of aromatic nitrogens is 2. The maximum absolute atomic E-state index is 12.7. The van der Waals surface area contributed by atoms with Gasteiger partial charge in [0.15, 0.2) is 0 Å². The van der Waals surface area contributed by atoms with E-state index in [9.17, 15) is 9.59 Å². The number of unbranched alkanes of at least 4 members (excludes halogenated alkanes) is 1. The van der Waals surface area contributed by atoms with Crippen molar-refractivity contribution >= 4 is 33.4 Å². The lowest BCUT2D eigenvalue weighted by atomic mass is 9.97. The van der Waals surface area contributed by atoms with Crippen LogP contribution in [0.4, 0.5) is 5.95 Å². The Labute approximate surface area is 174 Å². The maximum atomic E-state index is 12.7. The Bertz CT molecular complexity index is 1040. The minimum Gasteiger partial charge on any atom is -0.356 e. The molecule has 0 bridgehead atoms. The van der Waals surface area contributed by atoms with Crippen molar-refractivity contribution < 1.29 is 4.79 Å². The second kappa shape index (κ2) is 8.78. The van der Waals surface area contributed by atoms with Gasteiger partial charge in [-0.15, -0.1) is 11.3 Å². The number of fused-ring (bicyclic) bond motifs is 1. The Morgan fingerprint density at radius 2 is 2.17 bits per heavy atom. The zero-order valence-corrected chi connectivity index (χ0v) is 17.4. The lowest BCUT2D eigenvalue weighted by Gasteiger charge is -2.32. The van der Waals surface area contributed by atoms with E-state index < -0.39 is 0 Å². The van der Waals surface area contributed by atoms with Gasteiger partial charge < -0.3 is 10.2 Å². The summed E-state index contributed by atoms with van der Waals surface area (Å²) in [4.78, 5) is 35.0. The molecule has 1 aliphatic rings. The fourth-order valence-electron chi connectivity index (χ4n) is 3.80. The summed E-state index contributed by atoms with van der Waals surface area (Å²) < 4.78 is 0.637. The maximum Gasteiger partial charge on any atom is 0.270 e. The monoisotopic (exact) mass is 410 g/mol. The summed E-state index contributed by atoms with van der Waals surface area (Å²) >= 11 is 1.42. The first-order valence-electron chi connectivity index (χ1n) is 10.3. The number of rotatable bonds is 6. The van der Waals surface area contributed by atoms with E-state index in [1.54, 1.807) is 0 Å². The number of H-pyrrole nitrogens is 1. The largest absolute Gasteiger partial charge is 0.356 e. The number of hydrogen-bond donors (Lipinski definition) is 2. The smallest absolute Gasteiger partial charge is 0.270 e. The molecule has 6 nitrogen and oxygen atoms in total. The fraction of sp³-hybridized carbons (Fsp3) is 0.409. The van der Waals surface area contributed by atoms with Gasteiger partial charge in [0.1, 0.15) is 4.70 Å². The first-order valence-corrected chi connectivity index (χ1v) is 11.1. The van der Waals surface area contributed by atoms with Crippen molar-refractivity contribution in [3.63, 3.8) is 0 Å². The van der Waals surface area contributed by atoms with E-state index >= 15 is 0 Å². The molecule has 3 aromatic rings. The molecule has 1 saturated heterocycles. The number of nitrogens with one attached hydrogen (secondary N) is 2. The van der Waals surface area contributed by atoms with Crippen LogP contribution in [0.2, 0.25) is 0 Å². The lowest BCUT2D eigenvalue weighted by molar-refractivity contribution is -0.125. The van der Waals surface area contributed by atoms with Crippen LogP contribution in [-0.4, -0.2) is 35.5 Å². The first kappa shape index (κ1) is 19.6. The second-order valence-corrected chi connectivity index (χ2v) is 8.39. The molecular formula is C22H26N4O2S. The molecule has 1 aliphatic heterocycles. The molecule has 29 heavy (non-hydrogen) atoms. The Kier molecular flexibility index (Phi) is 5.94. The molecule has 0 saturated carbocycles. The van der Waals surface area contributed by atoms with E-state index in [-0.39, 0.29) is 17.4 Å². The molecule has 0 radical (unpaired) electrons. The van der Waals surface area contributed by atoms with Crippen molar-refractivity contribution in [3.8, 4) is 11.1 Å². The number of thiophene rings is 1. The van der Waals surface area contributed by atoms with E-state index in [0.717, 1.165) is 55.4 Å². The summed E-state index contributed by atoms with van der Waals surface area (Å²) in [6.45, 7) is 4.21. The summed E-state index contributed by atoms with van der Waals surface area (Å²) in [5.74, 6) is 0.592. The minimum absolute atomic E-state index is 0.0716. The van der Waals surface area contributed by atoms with E-state index in [1.165, 1.54) is 11.3 Å². The number of amides is 1. The summed E-state index contributed by atoms with van der Waals surface area (Å²) in [5, 5.41) is 5.03. The third-order valence-electron chi connectivity index (χ3n) is 5.42. The highest BCUT2D eigenvalue weighted by Gasteiger charge is 2.27. The van der Waals surface area contributed by atoms with Crippen LogP contribution in [-0.2, 0) is 4.79 Å². The molecule has 1 atom stereocenters. The molecule has 3 heterocycles. The number of aromatic amines is 1. The average Bonchev–Trinajstić information content (AvgIpc) is 3.19. The third-order valence-corrected chi connectivity index (χ3v) is 6.39. The van der Waals surface area contributed by atoms with Gasteiger partial charge in [-0.2, -0.15) is 0 Å². The van der Waals surface area contributed by atoms with Crippen LogP contribution in [0.25, 0.3) is 21.3 Å². The van der Waals surface area contributed by atoms with Crippen LogP contribution < -0.4 is 15.8 Å². The van der Waals surface area contributed by atoms with E-state index in [1.807, 2.05) is 40.6 Å². The number of piperidine rings is 1. The molecule has 1 unspecified atom stereocenters. The molecule has 0 spiro atoms. The van der Waals surface area contributed by atoms with Gasteiger partial charge in [0, 0.05) is 30.6 Å². The molecular weight excluding hydrogens is 384 g/mol. The molecule has 4 rings (SSSR count). The SMILES string of the molecule is CCCCNC(=O)C1CCCN(c2nc3c(-c4ccccc4)csc3c(=O)[nH]2)C1. The topological polar surface area (TPSA) is 78.1 Å². The summed E-state index contributed by atoms with van der Waals surface area (Å²) in [6.07, 6.45) is 3.83. The highest BCUT2D eigenvalue weighted by molar-refractivity contribution is 7.17. The first-order chi connectivity index (χ1) is 14.2. The number of carbonyl (C=O) groups is 1. The Balaban J connectivity index is 1.60. The van der Waals surface area contributed by atoms with Crippen LogP contribution in [0.15, 0.2) is 40.5 Å². The highest BCUT2D eigenvalue weighted by atomic mass is 32.1. The van der Waals surface area contributed by atoms with Crippen LogP contribution in [0, 0.1) is 5.92 Å². The molecule has 2 aromatic heterocycles. The number of hydrogen-bond acceptors (Lipinski definition) is 5. The van der Waals surface area contributed by atoms with Crippen molar-refractivity contribution in [3.05, 3.63) is 46.1 Å². The van der Waals surface area contributed by atoms with Gasteiger partial charge in [-0.3, -0.25) is 14.6 Å². The van der Waals surface area contributed by atoms with Gasteiger partial charge in [-0.05, 0) is 24.8 Å². The van der Waals surface area contributed by atoms with Crippen LogP contribution in [0.5, 0.6) is 0 Å². The van der Waals surface area contributed by atoms with E-state index in [2.05, 4.69) is 17.2 Å². The van der Waals surface area contributed by atoms with E-state index in [4.69, 9.17) is 4.98 Å². The molecule has 1 fully saturated rings. The summed E-state index contributed by atoms with van der Waals surface area (Å²) in [5.41, 5.74) is 2.64. The fourth-order valence-corrected chi connectivity index (χ4v) is 4.71. The number of benzene rings is 1. The van der Waals surface area contributed by atoms with Crippen LogP contribution >= 0.6 is 11.3 Å². The quantitative estimate of drug-likeness (QED) is 0.606. The molecule has 152 valence electrons. The van der Waals surface area contributed by atoms with Gasteiger partial charge >= 0.3 is 0 Å². The van der Waals surface area contributed by atoms with Gasteiger partial charge in [0.2, 0.25) is 11.9 Å². The third kappa shape index (κ3) is 4.19. The zero-order valence-electron chi connectivity index (χ0n) is 16.6. The number of nitrogens with zero attached hydrogens (tertiary/aromatic N) is 2. The lowest BCUT2D eigenvalue weighted by Crippen LogP contribution is -2.44. The standard InChI is InChI=1S/C22H26N4O2S/c1-2-3-11-23-20(27)16-10-7-12-26(13-16)22-24-18-17(15-8-5-4-6-9-15)14-29-19(18)21(28)25-22/h4-6,8-9,14,16H,2-3,7,10-13H2,1H3,(H,23,27)(H,24,25,28). The number of anilines is 1. The van der Waals surface area contributed by atoms with Gasteiger partial charge in [-0.1, -0.05) is 43.7 Å². The summed E-state index contributed by atoms with van der Waals surface area (Å²) in [6, 6.07) is 10.0. The molecule has 0 aliphatic carbocycles. The van der Waals surface area contributed by atoms with Gasteiger partial charge in [-0.25, -0.2) is 4.98 Å². The summed E-state index contributed by atoms with van der Waals surface area (Å²) in [7, 11) is 0. The average molecular weight is 411 g/mol. The molecule has 7 heteroatoms. The van der Waals surface area contributed by atoms with Crippen molar-refractivity contribution in [1.82, 2.24) is 15.3 Å². The normalized spacial score (nSPS) is 16.9. The second-order valence-electron chi connectivity index (χ2n) is 7.51. The Morgan fingerprint density at radius 1 is 1.34 bits per heavy atom. The number of carbonyl (C=O) groups excluding carboxylic acids is 1. The molecule has 1 amide bonds. The predicted octanol–water partition coefficient (Wildman–Crippen LogP) is 3.78. The molecule has 1 aromatic carbocycles. The Hall–Kier alpha value is -2.67. The highest BCUT2D eigenvalue weighted by Crippen LogP contribution is 2.32. The van der Waals surface area contributed by atoms with E-state index in [0.29, 0.717) is 17.2 Å². The zero-order chi connectivity index (χ0) is 20.2. The van der Waals surface area contributed by atoms with Crippen molar-refractivity contribution in [2.45, 2.75) is 32.6 Å². The van der Waals surface area contributed by atoms with Crippen molar-refractivity contribution in [2.24, 2.45) is 5.92 Å². The Morgan fingerprint density at radius 3 is 2.97 bits per heavy atom.